The zero-order chi connectivity index (χ0) is 14.8. The largest absolute Gasteiger partial charge is 0.480 e. The molecule has 1 rings (SSSR count). The molecule has 1 aliphatic heterocycles. The van der Waals surface area contributed by atoms with Crippen molar-refractivity contribution in [1.29, 1.82) is 0 Å². The van der Waals surface area contributed by atoms with E-state index in [4.69, 9.17) is 5.11 Å². The van der Waals surface area contributed by atoms with Crippen molar-refractivity contribution in [2.24, 2.45) is 5.41 Å². The van der Waals surface area contributed by atoms with Crippen LogP contribution in [0.2, 0.25) is 0 Å². The summed E-state index contributed by atoms with van der Waals surface area (Å²) in [5.74, 6) is -2.14. The molecule has 1 saturated heterocycles. The predicted octanol–water partition coefficient (Wildman–Crippen LogP) is 0.370. The van der Waals surface area contributed by atoms with E-state index in [0.717, 1.165) is 11.8 Å². The van der Waals surface area contributed by atoms with Gasteiger partial charge in [-0.3, -0.25) is 14.5 Å². The number of thioether (sulfide) groups is 1. The van der Waals surface area contributed by atoms with Crippen LogP contribution in [0.3, 0.4) is 0 Å². The lowest BCUT2D eigenvalue weighted by Crippen LogP contribution is -2.50. The average molecular weight is 292 g/mol. The van der Waals surface area contributed by atoms with Crippen LogP contribution in [0.25, 0.3) is 0 Å². The molecule has 1 heterocycles. The molecule has 0 aromatic carbocycles. The minimum atomic E-state index is -1.37. The standard InChI is InChI=1S/C9H12N2O7S/c1-9(2,4-18-11(16)17)7(14)10-5(6(12)13)3-19-8(10)15/h5H,3-4H2,1-2H3,(H,12,13). The topological polar surface area (TPSA) is 127 Å². The van der Waals surface area contributed by atoms with E-state index < -0.39 is 40.3 Å². The molecule has 1 aliphatic rings. The van der Waals surface area contributed by atoms with E-state index in [1.165, 1.54) is 13.8 Å². The number of carbonyl (C=O) groups excluding carboxylic acids is 2. The number of carboxylic acid groups (broad SMARTS) is 1. The van der Waals surface area contributed by atoms with E-state index in [1.807, 2.05) is 0 Å². The third-order valence-electron chi connectivity index (χ3n) is 2.49. The molecule has 0 spiro atoms. The zero-order valence-corrected chi connectivity index (χ0v) is 11.0. The van der Waals surface area contributed by atoms with Gasteiger partial charge in [0.15, 0.2) is 0 Å². The first-order chi connectivity index (χ1) is 8.66. The monoisotopic (exact) mass is 292 g/mol. The number of hydrogen-bond acceptors (Lipinski definition) is 7. The van der Waals surface area contributed by atoms with Crippen LogP contribution < -0.4 is 0 Å². The molecule has 1 atom stereocenters. The molecule has 2 amide bonds. The normalized spacial score (nSPS) is 19.4. The van der Waals surface area contributed by atoms with Crippen LogP contribution in [-0.2, 0) is 14.4 Å². The van der Waals surface area contributed by atoms with Gasteiger partial charge in [-0.1, -0.05) is 11.8 Å². The van der Waals surface area contributed by atoms with Crippen molar-refractivity contribution in [3.63, 3.8) is 0 Å². The summed E-state index contributed by atoms with van der Waals surface area (Å²) in [5, 5.41) is 17.3. The molecule has 106 valence electrons. The Labute approximate surface area is 112 Å². The Bertz CT molecular complexity index is 436. The molecule has 1 N–H and O–H groups in total. The minimum Gasteiger partial charge on any atom is -0.480 e. The van der Waals surface area contributed by atoms with Crippen molar-refractivity contribution < 1.29 is 29.4 Å². The number of imide groups is 1. The van der Waals surface area contributed by atoms with Crippen LogP contribution in [0.4, 0.5) is 4.79 Å². The lowest BCUT2D eigenvalue weighted by atomic mass is 9.92. The fraction of sp³-hybridized carbons (Fsp3) is 0.667. The number of carboxylic acids is 1. The number of nitrogens with zero attached hydrogens (tertiary/aromatic N) is 2. The highest BCUT2D eigenvalue weighted by Crippen LogP contribution is 2.30. The highest BCUT2D eigenvalue weighted by Gasteiger charge is 2.46. The lowest BCUT2D eigenvalue weighted by Gasteiger charge is -2.28. The highest BCUT2D eigenvalue weighted by atomic mass is 32.2. The number of rotatable bonds is 5. The Balaban J connectivity index is 2.87. The maximum absolute atomic E-state index is 12.1. The van der Waals surface area contributed by atoms with E-state index in [2.05, 4.69) is 4.84 Å². The molecule has 0 aliphatic carbocycles. The molecule has 19 heavy (non-hydrogen) atoms. The molecule has 0 radical (unpaired) electrons. The molecule has 0 aromatic rings. The van der Waals surface area contributed by atoms with Crippen LogP contribution >= 0.6 is 11.8 Å². The van der Waals surface area contributed by atoms with Crippen molar-refractivity contribution in [2.75, 3.05) is 12.4 Å². The highest BCUT2D eigenvalue weighted by molar-refractivity contribution is 8.14. The number of carbonyl (C=O) groups is 3. The molecule has 1 fully saturated rings. The maximum Gasteiger partial charge on any atom is 0.327 e. The Kier molecular flexibility index (Phi) is 4.35. The average Bonchev–Trinajstić information content (AvgIpc) is 2.67. The zero-order valence-electron chi connectivity index (χ0n) is 10.2. The molecule has 0 bridgehead atoms. The SMILES string of the molecule is CC(C)(CO[N+](=O)[O-])C(=O)N1C(=O)SCC1C(=O)O. The van der Waals surface area contributed by atoms with Crippen LogP contribution in [-0.4, -0.2) is 50.6 Å². The number of amides is 2. The van der Waals surface area contributed by atoms with Crippen LogP contribution in [0.1, 0.15) is 13.8 Å². The van der Waals surface area contributed by atoms with Crippen molar-refractivity contribution in [3.05, 3.63) is 10.1 Å². The lowest BCUT2D eigenvalue weighted by molar-refractivity contribution is -0.760. The summed E-state index contributed by atoms with van der Waals surface area (Å²) in [5.41, 5.74) is -1.37. The van der Waals surface area contributed by atoms with Gasteiger partial charge in [-0.15, -0.1) is 10.1 Å². The molecular formula is C9H12N2O7S. The van der Waals surface area contributed by atoms with Crippen LogP contribution in [0.15, 0.2) is 0 Å². The smallest absolute Gasteiger partial charge is 0.327 e. The Morgan fingerprint density at radius 2 is 2.21 bits per heavy atom. The third-order valence-corrected chi connectivity index (χ3v) is 3.41. The molecule has 9 nitrogen and oxygen atoms in total. The fourth-order valence-electron chi connectivity index (χ4n) is 1.43. The van der Waals surface area contributed by atoms with Gasteiger partial charge >= 0.3 is 5.97 Å². The summed E-state index contributed by atoms with van der Waals surface area (Å²) >= 11 is 0.721. The summed E-state index contributed by atoms with van der Waals surface area (Å²) in [6, 6.07) is -1.25. The Morgan fingerprint density at radius 3 is 2.68 bits per heavy atom. The van der Waals surface area contributed by atoms with Crippen molar-refractivity contribution in [1.82, 2.24) is 4.90 Å². The van der Waals surface area contributed by atoms with Gasteiger partial charge in [0, 0.05) is 5.75 Å². The van der Waals surface area contributed by atoms with E-state index in [0.29, 0.717) is 4.90 Å². The quantitative estimate of drug-likeness (QED) is 0.568. The van der Waals surface area contributed by atoms with Gasteiger partial charge in [-0.25, -0.2) is 4.79 Å². The van der Waals surface area contributed by atoms with E-state index in [1.54, 1.807) is 0 Å². The van der Waals surface area contributed by atoms with Gasteiger partial charge in [-0.05, 0) is 13.8 Å². The predicted molar refractivity (Wildman–Crippen MR) is 62.9 cm³/mol. The van der Waals surface area contributed by atoms with E-state index in [9.17, 15) is 24.5 Å². The van der Waals surface area contributed by atoms with Crippen LogP contribution in [0.5, 0.6) is 0 Å². The summed E-state index contributed by atoms with van der Waals surface area (Å²) in [7, 11) is 0. The Hall–Kier alpha value is -1.84. The minimum absolute atomic E-state index is 0.0356. The summed E-state index contributed by atoms with van der Waals surface area (Å²) < 4.78 is 0. The molecule has 0 saturated carbocycles. The Morgan fingerprint density at radius 1 is 1.63 bits per heavy atom. The first-order valence-corrected chi connectivity index (χ1v) is 6.16. The van der Waals surface area contributed by atoms with Gasteiger partial charge in [0.05, 0.1) is 5.41 Å². The number of aliphatic carboxylic acids is 1. The summed E-state index contributed by atoms with van der Waals surface area (Å²) in [6.45, 7) is 2.13. The van der Waals surface area contributed by atoms with E-state index in [-0.39, 0.29) is 5.75 Å². The third kappa shape index (κ3) is 3.34. The summed E-state index contributed by atoms with van der Waals surface area (Å²) in [4.78, 5) is 49.5. The molecule has 10 heteroatoms. The fourth-order valence-corrected chi connectivity index (χ4v) is 2.37. The van der Waals surface area contributed by atoms with Gasteiger partial charge in [0.25, 0.3) is 10.3 Å². The van der Waals surface area contributed by atoms with Crippen molar-refractivity contribution in [2.45, 2.75) is 19.9 Å². The van der Waals surface area contributed by atoms with Crippen molar-refractivity contribution in [3.8, 4) is 0 Å². The summed E-state index contributed by atoms with van der Waals surface area (Å²) in [6.07, 6.45) is 0. The number of hydrogen-bond donors (Lipinski definition) is 1. The second-order valence-corrected chi connectivity index (χ2v) is 5.46. The first kappa shape index (κ1) is 15.2. The van der Waals surface area contributed by atoms with Crippen molar-refractivity contribution >= 4 is 28.9 Å². The van der Waals surface area contributed by atoms with Gasteiger partial charge in [0.2, 0.25) is 5.91 Å². The molecular weight excluding hydrogens is 280 g/mol. The first-order valence-electron chi connectivity index (χ1n) is 5.17. The van der Waals surface area contributed by atoms with E-state index >= 15 is 0 Å². The van der Waals surface area contributed by atoms with Crippen LogP contribution in [0, 0.1) is 15.5 Å². The van der Waals surface area contributed by atoms with Gasteiger partial charge in [0.1, 0.15) is 12.6 Å². The van der Waals surface area contributed by atoms with Gasteiger partial charge in [-0.2, -0.15) is 0 Å². The maximum atomic E-state index is 12.1. The second-order valence-electron chi connectivity index (χ2n) is 4.49. The molecule has 0 aromatic heterocycles. The molecule has 1 unspecified atom stereocenters. The second kappa shape index (κ2) is 5.43. The van der Waals surface area contributed by atoms with Gasteiger partial charge < -0.3 is 9.94 Å².